The number of hydrogen-bond donors (Lipinski definition) is 0. The van der Waals surface area contributed by atoms with Crippen LogP contribution in [0.2, 0.25) is 26.2 Å². The maximum Gasteiger partial charge on any atom is 0.244 e. The Balaban J connectivity index is 2.08. The predicted molar refractivity (Wildman–Crippen MR) is 102 cm³/mol. The van der Waals surface area contributed by atoms with E-state index >= 15 is 0 Å². The van der Waals surface area contributed by atoms with Crippen molar-refractivity contribution in [2.75, 3.05) is 8.46 Å². The third-order valence-corrected chi connectivity index (χ3v) is 16.8. The lowest BCUT2D eigenvalue weighted by Gasteiger charge is -2.69. The van der Waals surface area contributed by atoms with Crippen molar-refractivity contribution in [3.05, 3.63) is 59.7 Å². The number of rotatable bonds is 2. The van der Waals surface area contributed by atoms with Crippen LogP contribution in [0.5, 0.6) is 0 Å². The second kappa shape index (κ2) is 5.00. The molecule has 1 fully saturated rings. The number of nitrogens with zero attached hydrogens (tertiary/aromatic N) is 2. The highest BCUT2D eigenvalue weighted by molar-refractivity contribution is 7.20. The highest BCUT2D eigenvalue weighted by atomic mass is 28.5. The standard InChI is InChI=1S/C18H26N2Si2/c1-15-11-7-9-13-17(15)19-21(3,4)20(22(19,5)6)18-14-10-8-12-16(18)2/h7-14H,1-6H3. The predicted octanol–water partition coefficient (Wildman–Crippen LogP) is 5.03. The second-order valence-electron chi connectivity index (χ2n) is 7.23. The van der Waals surface area contributed by atoms with E-state index < -0.39 is 16.8 Å². The molecule has 0 bridgehead atoms. The summed E-state index contributed by atoms with van der Waals surface area (Å²) < 4.78 is 5.61. The number of para-hydroxylation sites is 2. The molecule has 0 amide bonds. The molecular formula is C18H26N2Si2. The van der Waals surface area contributed by atoms with Crippen LogP contribution in [0.4, 0.5) is 11.4 Å². The van der Waals surface area contributed by atoms with Gasteiger partial charge in [0.1, 0.15) is 0 Å². The Labute approximate surface area is 136 Å². The van der Waals surface area contributed by atoms with Gasteiger partial charge < -0.3 is 8.46 Å². The van der Waals surface area contributed by atoms with Gasteiger partial charge in [0.15, 0.2) is 0 Å². The molecule has 0 aliphatic carbocycles. The van der Waals surface area contributed by atoms with Gasteiger partial charge in [-0.25, -0.2) is 0 Å². The maximum absolute atomic E-state index is 2.81. The third-order valence-electron chi connectivity index (χ3n) is 4.90. The largest absolute Gasteiger partial charge is 0.393 e. The molecule has 2 nitrogen and oxygen atoms in total. The van der Waals surface area contributed by atoms with Crippen LogP contribution in [0.1, 0.15) is 11.1 Å². The fraction of sp³-hybridized carbons (Fsp3) is 0.333. The van der Waals surface area contributed by atoms with Crippen molar-refractivity contribution in [2.24, 2.45) is 0 Å². The van der Waals surface area contributed by atoms with Crippen molar-refractivity contribution in [1.29, 1.82) is 0 Å². The minimum Gasteiger partial charge on any atom is -0.393 e. The molecule has 116 valence electrons. The van der Waals surface area contributed by atoms with E-state index in [1.807, 2.05) is 0 Å². The first-order chi connectivity index (χ1) is 10.3. The third kappa shape index (κ3) is 2.05. The molecule has 1 heterocycles. The van der Waals surface area contributed by atoms with E-state index in [4.69, 9.17) is 0 Å². The highest BCUT2D eigenvalue weighted by Crippen LogP contribution is 2.46. The van der Waals surface area contributed by atoms with Gasteiger partial charge >= 0.3 is 0 Å². The lowest BCUT2D eigenvalue weighted by atomic mass is 10.2. The van der Waals surface area contributed by atoms with E-state index in [9.17, 15) is 0 Å². The Morgan fingerprint density at radius 1 is 0.591 bits per heavy atom. The molecule has 0 saturated carbocycles. The summed E-state index contributed by atoms with van der Waals surface area (Å²) >= 11 is 0. The number of aryl methyl sites for hydroxylation is 2. The van der Waals surface area contributed by atoms with Crippen molar-refractivity contribution in [2.45, 2.75) is 40.0 Å². The molecule has 1 aliphatic heterocycles. The summed E-state index contributed by atoms with van der Waals surface area (Å²) in [7, 11) is -3.32. The van der Waals surface area contributed by atoms with E-state index in [1.54, 1.807) is 0 Å². The van der Waals surface area contributed by atoms with Crippen LogP contribution in [-0.2, 0) is 0 Å². The van der Waals surface area contributed by atoms with Gasteiger partial charge in [-0.15, -0.1) is 0 Å². The summed E-state index contributed by atoms with van der Waals surface area (Å²) in [4.78, 5) is 0. The Hall–Kier alpha value is -1.53. The fourth-order valence-corrected chi connectivity index (χ4v) is 19.3. The van der Waals surface area contributed by atoms with Crippen molar-refractivity contribution >= 4 is 28.2 Å². The molecule has 1 aliphatic rings. The highest BCUT2D eigenvalue weighted by Gasteiger charge is 2.62. The van der Waals surface area contributed by atoms with E-state index in [-0.39, 0.29) is 0 Å². The Morgan fingerprint density at radius 3 is 1.23 bits per heavy atom. The Morgan fingerprint density at radius 2 is 0.909 bits per heavy atom. The smallest absolute Gasteiger partial charge is 0.244 e. The summed E-state index contributed by atoms with van der Waals surface area (Å²) in [5, 5.41) is 0. The average molecular weight is 327 g/mol. The molecule has 1 saturated heterocycles. The molecule has 0 radical (unpaired) electrons. The Kier molecular flexibility index (Phi) is 3.49. The fourth-order valence-electron chi connectivity index (χ4n) is 4.30. The van der Waals surface area contributed by atoms with E-state index in [0.717, 1.165) is 0 Å². The number of benzene rings is 2. The average Bonchev–Trinajstić information content (AvgIpc) is 2.42. The molecule has 0 spiro atoms. The van der Waals surface area contributed by atoms with Gasteiger partial charge in [0.2, 0.25) is 16.8 Å². The lowest BCUT2D eigenvalue weighted by molar-refractivity contribution is 1.13. The van der Waals surface area contributed by atoms with Crippen molar-refractivity contribution in [1.82, 2.24) is 0 Å². The van der Waals surface area contributed by atoms with Gasteiger partial charge in [0, 0.05) is 11.4 Å². The van der Waals surface area contributed by atoms with Gasteiger partial charge in [-0.2, -0.15) is 0 Å². The SMILES string of the molecule is Cc1ccccc1N1[Si](C)(C)N(c2ccccc2C)[Si]1(C)C. The van der Waals surface area contributed by atoms with Crippen LogP contribution in [0, 0.1) is 13.8 Å². The molecule has 2 aromatic rings. The lowest BCUT2D eigenvalue weighted by Crippen LogP contribution is -2.91. The van der Waals surface area contributed by atoms with Crippen molar-refractivity contribution in [3.8, 4) is 0 Å². The molecular weight excluding hydrogens is 300 g/mol. The quantitative estimate of drug-likeness (QED) is 0.714. The van der Waals surface area contributed by atoms with Gasteiger partial charge in [0.05, 0.1) is 0 Å². The molecule has 4 heteroatoms. The van der Waals surface area contributed by atoms with Crippen LogP contribution >= 0.6 is 0 Å². The van der Waals surface area contributed by atoms with E-state index in [0.29, 0.717) is 0 Å². The number of hydrogen-bond acceptors (Lipinski definition) is 2. The van der Waals surface area contributed by atoms with Crippen molar-refractivity contribution in [3.63, 3.8) is 0 Å². The Bertz CT molecular complexity index is 636. The second-order valence-corrected chi connectivity index (χ2v) is 15.9. The van der Waals surface area contributed by atoms with Crippen LogP contribution < -0.4 is 8.46 Å². The first-order valence-corrected chi connectivity index (χ1v) is 13.8. The van der Waals surface area contributed by atoms with Gasteiger partial charge in [-0.1, -0.05) is 36.4 Å². The summed E-state index contributed by atoms with van der Waals surface area (Å²) in [5.41, 5.74) is 5.68. The topological polar surface area (TPSA) is 6.48 Å². The minimum atomic E-state index is -1.66. The first-order valence-electron chi connectivity index (χ1n) is 8.00. The van der Waals surface area contributed by atoms with Crippen molar-refractivity contribution < 1.29 is 0 Å². The van der Waals surface area contributed by atoms with Gasteiger partial charge in [0.25, 0.3) is 0 Å². The molecule has 0 aromatic heterocycles. The zero-order valence-electron chi connectivity index (χ0n) is 14.5. The van der Waals surface area contributed by atoms with Crippen LogP contribution in [-0.4, -0.2) is 16.8 Å². The van der Waals surface area contributed by atoms with E-state index in [1.165, 1.54) is 22.5 Å². The summed E-state index contributed by atoms with van der Waals surface area (Å²) in [6.45, 7) is 14.4. The molecule has 0 unspecified atom stereocenters. The molecule has 0 N–H and O–H groups in total. The molecule has 22 heavy (non-hydrogen) atoms. The monoisotopic (exact) mass is 326 g/mol. The number of anilines is 2. The molecule has 0 atom stereocenters. The zero-order valence-corrected chi connectivity index (χ0v) is 16.5. The van der Waals surface area contributed by atoms with E-state index in [2.05, 4.69) is 97.0 Å². The zero-order chi connectivity index (χ0) is 16.1. The summed E-state index contributed by atoms with van der Waals surface area (Å²) in [6.07, 6.45) is 0. The summed E-state index contributed by atoms with van der Waals surface area (Å²) in [5.74, 6) is 0. The van der Waals surface area contributed by atoms with Gasteiger partial charge in [-0.3, -0.25) is 0 Å². The normalized spacial score (nSPS) is 19.0. The minimum absolute atomic E-state index is 1.40. The summed E-state index contributed by atoms with van der Waals surface area (Å²) in [6, 6.07) is 17.7. The van der Waals surface area contributed by atoms with Gasteiger partial charge in [-0.05, 0) is 63.3 Å². The van der Waals surface area contributed by atoms with Crippen LogP contribution in [0.3, 0.4) is 0 Å². The molecule has 3 rings (SSSR count). The van der Waals surface area contributed by atoms with Crippen LogP contribution in [0.25, 0.3) is 0 Å². The maximum atomic E-state index is 2.81. The first kappa shape index (κ1) is 15.4. The van der Waals surface area contributed by atoms with Crippen LogP contribution in [0.15, 0.2) is 48.5 Å². The molecule has 2 aromatic carbocycles.